The van der Waals surface area contributed by atoms with Gasteiger partial charge in [0.15, 0.2) is 12.3 Å². The fourth-order valence-electron chi connectivity index (χ4n) is 1.42. The molecule has 0 saturated heterocycles. The summed E-state index contributed by atoms with van der Waals surface area (Å²) in [4.78, 5) is 0. The smallest absolute Gasteiger partial charge is 0.435 e. The van der Waals surface area contributed by atoms with Crippen LogP contribution in [-0.4, -0.2) is 22.8 Å². The molecule has 1 aromatic heterocycles. The molecule has 98 valence electrons. The third kappa shape index (κ3) is 3.07. The molecule has 0 amide bonds. The normalized spacial score (nSPS) is 12.2. The maximum atomic E-state index is 12.5. The molecule has 0 aliphatic carbocycles. The molecular formula is C9H11F5N2O. The summed E-state index contributed by atoms with van der Waals surface area (Å²) in [6.07, 6.45) is -7.36. The summed E-state index contributed by atoms with van der Waals surface area (Å²) >= 11 is 0. The van der Waals surface area contributed by atoms with Gasteiger partial charge in [0.25, 0.3) is 6.43 Å². The maximum absolute atomic E-state index is 12.5. The summed E-state index contributed by atoms with van der Waals surface area (Å²) in [5, 5.41) is 3.25. The molecule has 17 heavy (non-hydrogen) atoms. The van der Waals surface area contributed by atoms with E-state index in [9.17, 15) is 22.0 Å². The Bertz CT molecular complexity index is 385. The molecule has 8 heteroatoms. The van der Waals surface area contributed by atoms with E-state index in [4.69, 9.17) is 0 Å². The largest absolute Gasteiger partial charge is 0.472 e. The minimum atomic E-state index is -4.62. The van der Waals surface area contributed by atoms with Gasteiger partial charge >= 0.3 is 6.18 Å². The van der Waals surface area contributed by atoms with E-state index in [1.807, 2.05) is 0 Å². The Balaban J connectivity index is 3.09. The third-order valence-electron chi connectivity index (χ3n) is 2.06. The Morgan fingerprint density at radius 2 is 1.94 bits per heavy atom. The number of aromatic nitrogens is 2. The van der Waals surface area contributed by atoms with Crippen molar-refractivity contribution in [1.82, 2.24) is 9.78 Å². The molecular weight excluding hydrogens is 247 g/mol. The van der Waals surface area contributed by atoms with Crippen LogP contribution in [0.3, 0.4) is 0 Å². The second-order valence-corrected chi connectivity index (χ2v) is 3.31. The van der Waals surface area contributed by atoms with Crippen LogP contribution >= 0.6 is 0 Å². The van der Waals surface area contributed by atoms with Crippen LogP contribution in [-0.2, 0) is 19.6 Å². The SMILES string of the molecule is CCc1c(C(F)(F)F)nn(C)c1OCC(F)F. The molecule has 0 N–H and O–H groups in total. The highest BCUT2D eigenvalue weighted by Gasteiger charge is 2.38. The highest BCUT2D eigenvalue weighted by molar-refractivity contribution is 5.33. The van der Waals surface area contributed by atoms with Gasteiger partial charge in [0.2, 0.25) is 5.88 Å². The molecule has 1 heterocycles. The molecule has 3 nitrogen and oxygen atoms in total. The second-order valence-electron chi connectivity index (χ2n) is 3.31. The highest BCUT2D eigenvalue weighted by Crippen LogP contribution is 2.35. The number of halogens is 5. The molecule has 1 aromatic rings. The predicted octanol–water partition coefficient (Wildman–Crippen LogP) is 2.65. The van der Waals surface area contributed by atoms with Gasteiger partial charge in [0, 0.05) is 12.6 Å². The predicted molar refractivity (Wildman–Crippen MR) is 49.1 cm³/mol. The van der Waals surface area contributed by atoms with Crippen LogP contribution in [0.25, 0.3) is 0 Å². The zero-order valence-electron chi connectivity index (χ0n) is 9.18. The fraction of sp³-hybridized carbons (Fsp3) is 0.667. The molecule has 0 aliphatic heterocycles. The van der Waals surface area contributed by atoms with E-state index >= 15 is 0 Å². The van der Waals surface area contributed by atoms with E-state index in [2.05, 4.69) is 9.84 Å². The van der Waals surface area contributed by atoms with Crippen molar-refractivity contribution >= 4 is 0 Å². The lowest BCUT2D eigenvalue weighted by molar-refractivity contribution is -0.142. The minimum absolute atomic E-state index is 0.00124. The van der Waals surface area contributed by atoms with Gasteiger partial charge in [0.05, 0.1) is 0 Å². The van der Waals surface area contributed by atoms with Gasteiger partial charge < -0.3 is 4.74 Å². The van der Waals surface area contributed by atoms with E-state index in [1.165, 1.54) is 14.0 Å². The van der Waals surface area contributed by atoms with Gasteiger partial charge in [-0.1, -0.05) is 6.92 Å². The number of nitrogens with zero attached hydrogens (tertiary/aromatic N) is 2. The molecule has 0 unspecified atom stereocenters. The Hall–Kier alpha value is -1.34. The van der Waals surface area contributed by atoms with Crippen molar-refractivity contribution in [3.8, 4) is 5.88 Å². The molecule has 0 spiro atoms. The van der Waals surface area contributed by atoms with E-state index in [-0.39, 0.29) is 17.9 Å². The van der Waals surface area contributed by atoms with Gasteiger partial charge in [-0.15, -0.1) is 0 Å². The zero-order valence-corrected chi connectivity index (χ0v) is 9.18. The monoisotopic (exact) mass is 258 g/mol. The number of hydrogen-bond donors (Lipinski definition) is 0. The number of alkyl halides is 5. The Morgan fingerprint density at radius 1 is 1.35 bits per heavy atom. The first kappa shape index (κ1) is 13.7. The van der Waals surface area contributed by atoms with Gasteiger partial charge in [-0.05, 0) is 6.42 Å². The van der Waals surface area contributed by atoms with Gasteiger partial charge in [-0.2, -0.15) is 18.3 Å². The summed E-state index contributed by atoms with van der Waals surface area (Å²) < 4.78 is 67.0. The number of rotatable bonds is 4. The molecule has 0 aliphatic rings. The average Bonchev–Trinajstić information content (AvgIpc) is 2.51. The van der Waals surface area contributed by atoms with Crippen molar-refractivity contribution in [1.29, 1.82) is 0 Å². The molecule has 0 radical (unpaired) electrons. The van der Waals surface area contributed by atoms with Crippen LogP contribution in [0.2, 0.25) is 0 Å². The van der Waals surface area contributed by atoms with Crippen LogP contribution in [0.5, 0.6) is 5.88 Å². The van der Waals surface area contributed by atoms with Crippen molar-refractivity contribution < 1.29 is 26.7 Å². The summed E-state index contributed by atoms with van der Waals surface area (Å²) in [5.41, 5.74) is -1.30. The second kappa shape index (κ2) is 4.89. The maximum Gasteiger partial charge on any atom is 0.435 e. The minimum Gasteiger partial charge on any atom is -0.472 e. The highest BCUT2D eigenvalue weighted by atomic mass is 19.4. The molecule has 0 bridgehead atoms. The quantitative estimate of drug-likeness (QED) is 0.776. The summed E-state index contributed by atoms with van der Waals surface area (Å²) in [6.45, 7) is 0.519. The van der Waals surface area contributed by atoms with E-state index in [1.54, 1.807) is 0 Å². The van der Waals surface area contributed by atoms with Crippen molar-refractivity contribution in [3.63, 3.8) is 0 Å². The van der Waals surface area contributed by atoms with Gasteiger partial charge in [0.1, 0.15) is 0 Å². The number of hydrogen-bond acceptors (Lipinski definition) is 2. The van der Waals surface area contributed by atoms with E-state index in [0.717, 1.165) is 4.68 Å². The van der Waals surface area contributed by atoms with Crippen molar-refractivity contribution in [2.24, 2.45) is 7.05 Å². The zero-order chi connectivity index (χ0) is 13.2. The fourth-order valence-corrected chi connectivity index (χ4v) is 1.42. The third-order valence-corrected chi connectivity index (χ3v) is 2.06. The van der Waals surface area contributed by atoms with E-state index < -0.39 is 24.9 Å². The number of ether oxygens (including phenoxy) is 1. The molecule has 1 rings (SSSR count). The first-order valence-electron chi connectivity index (χ1n) is 4.81. The molecule has 0 aromatic carbocycles. The summed E-state index contributed by atoms with van der Waals surface area (Å²) in [5.74, 6) is -0.264. The van der Waals surface area contributed by atoms with Crippen LogP contribution < -0.4 is 4.74 Å². The average molecular weight is 258 g/mol. The summed E-state index contributed by atoms with van der Waals surface area (Å²) in [6, 6.07) is 0. The molecule has 0 atom stereocenters. The lowest BCUT2D eigenvalue weighted by Gasteiger charge is -2.08. The van der Waals surface area contributed by atoms with E-state index in [0.29, 0.717) is 0 Å². The molecule has 0 saturated carbocycles. The Labute approximate surface area is 94.2 Å². The van der Waals surface area contributed by atoms with Crippen LogP contribution in [0, 0.1) is 0 Å². The lowest BCUT2D eigenvalue weighted by Crippen LogP contribution is -2.11. The van der Waals surface area contributed by atoms with Crippen LogP contribution in [0.1, 0.15) is 18.2 Å². The Kier molecular flexibility index (Phi) is 3.94. The van der Waals surface area contributed by atoms with Crippen LogP contribution in [0.4, 0.5) is 22.0 Å². The first-order valence-corrected chi connectivity index (χ1v) is 4.81. The Morgan fingerprint density at radius 3 is 2.35 bits per heavy atom. The number of aryl methyl sites for hydroxylation is 1. The van der Waals surface area contributed by atoms with Gasteiger partial charge in [-0.3, -0.25) is 0 Å². The van der Waals surface area contributed by atoms with Crippen LogP contribution in [0.15, 0.2) is 0 Å². The lowest BCUT2D eigenvalue weighted by atomic mass is 10.2. The standard InChI is InChI=1S/C9H11F5N2O/c1-3-5-7(9(12,13)14)15-16(2)8(5)17-4-6(10)11/h6H,3-4H2,1-2H3. The van der Waals surface area contributed by atoms with Crippen molar-refractivity contribution in [2.45, 2.75) is 25.9 Å². The summed E-state index contributed by atoms with van der Waals surface area (Å²) in [7, 11) is 1.22. The van der Waals surface area contributed by atoms with Crippen molar-refractivity contribution in [2.75, 3.05) is 6.61 Å². The first-order chi connectivity index (χ1) is 7.77. The topological polar surface area (TPSA) is 27.1 Å². The van der Waals surface area contributed by atoms with Crippen molar-refractivity contribution in [3.05, 3.63) is 11.3 Å². The van der Waals surface area contributed by atoms with Gasteiger partial charge in [-0.25, -0.2) is 13.5 Å². The molecule has 0 fully saturated rings.